The Morgan fingerprint density at radius 3 is 2.59 bits per heavy atom. The molecule has 0 spiro atoms. The zero-order chi connectivity index (χ0) is 20.2. The van der Waals surface area contributed by atoms with E-state index in [2.05, 4.69) is 25.8 Å². The minimum Gasteiger partial charge on any atom is -0.360 e. The number of fused-ring (bicyclic) bond motifs is 1. The molecule has 4 aromatic rings. The van der Waals surface area contributed by atoms with Gasteiger partial charge >= 0.3 is 0 Å². The van der Waals surface area contributed by atoms with Crippen LogP contribution in [0.1, 0.15) is 10.4 Å². The fourth-order valence-electron chi connectivity index (χ4n) is 2.73. The molecule has 0 fully saturated rings. The van der Waals surface area contributed by atoms with Crippen molar-refractivity contribution in [3.63, 3.8) is 0 Å². The van der Waals surface area contributed by atoms with Gasteiger partial charge in [0.25, 0.3) is 5.91 Å². The molecule has 0 aliphatic rings. The first-order valence-electron chi connectivity index (χ1n) is 8.69. The number of carbonyl (C=O) groups is 2. The summed E-state index contributed by atoms with van der Waals surface area (Å²) < 4.78 is 0. The van der Waals surface area contributed by atoms with Crippen molar-refractivity contribution in [2.75, 3.05) is 11.9 Å². The first-order chi connectivity index (χ1) is 14.1. The van der Waals surface area contributed by atoms with Crippen LogP contribution in [0.5, 0.6) is 0 Å². The fourth-order valence-corrected chi connectivity index (χ4v) is 3.49. The second-order valence-electron chi connectivity index (χ2n) is 6.09. The van der Waals surface area contributed by atoms with Gasteiger partial charge in [0.2, 0.25) is 16.5 Å². The van der Waals surface area contributed by atoms with E-state index in [1.807, 2.05) is 30.3 Å². The summed E-state index contributed by atoms with van der Waals surface area (Å²) in [6.45, 7) is -0.300. The largest absolute Gasteiger partial charge is 0.360 e. The smallest absolute Gasteiger partial charge is 0.257 e. The summed E-state index contributed by atoms with van der Waals surface area (Å²) in [6, 6.07) is 16.4. The van der Waals surface area contributed by atoms with E-state index in [1.165, 1.54) is 17.5 Å². The van der Waals surface area contributed by atoms with Crippen molar-refractivity contribution >= 4 is 39.2 Å². The molecule has 0 atom stereocenters. The van der Waals surface area contributed by atoms with Crippen molar-refractivity contribution in [1.82, 2.24) is 20.5 Å². The molecule has 0 saturated carbocycles. The number of nitrogens with one attached hydrogen (secondary N) is 3. The average molecular weight is 405 g/mol. The molecule has 0 aliphatic carbocycles. The number of anilines is 1. The molecule has 0 bridgehead atoms. The van der Waals surface area contributed by atoms with Gasteiger partial charge in [-0.25, -0.2) is 0 Å². The molecule has 144 valence electrons. The summed E-state index contributed by atoms with van der Waals surface area (Å²) in [4.78, 5) is 39.8. The number of rotatable bonds is 5. The molecule has 8 nitrogen and oxygen atoms in total. The van der Waals surface area contributed by atoms with Gasteiger partial charge in [-0.3, -0.25) is 19.7 Å². The summed E-state index contributed by atoms with van der Waals surface area (Å²) in [7, 11) is 0. The molecule has 3 N–H and O–H groups in total. The quantitative estimate of drug-likeness (QED) is 0.471. The van der Waals surface area contributed by atoms with Crippen LogP contribution in [0.2, 0.25) is 0 Å². The molecular weight excluding hydrogens is 390 g/mol. The number of carbonyl (C=O) groups excluding carboxylic acids is 2. The SMILES string of the molecule is O=C(CNC(=O)c1c[nH]c2ccccc2c1=O)Nc1nnc(-c2ccccc2)s1. The zero-order valence-corrected chi connectivity index (χ0v) is 15.8. The van der Waals surface area contributed by atoms with Crippen LogP contribution in [0.4, 0.5) is 5.13 Å². The van der Waals surface area contributed by atoms with E-state index in [9.17, 15) is 14.4 Å². The Morgan fingerprint density at radius 1 is 1.00 bits per heavy atom. The molecule has 0 aliphatic heterocycles. The van der Waals surface area contributed by atoms with Crippen LogP contribution in [0.15, 0.2) is 65.6 Å². The lowest BCUT2D eigenvalue weighted by atomic mass is 10.1. The molecule has 0 saturated heterocycles. The van der Waals surface area contributed by atoms with Gasteiger partial charge in [0.15, 0.2) is 0 Å². The Labute approximate surface area is 168 Å². The van der Waals surface area contributed by atoms with Gasteiger partial charge in [0, 0.05) is 22.7 Å². The number of aromatic nitrogens is 3. The maximum atomic E-state index is 12.4. The molecule has 2 amide bonds. The third-order valence-electron chi connectivity index (χ3n) is 4.13. The van der Waals surface area contributed by atoms with Gasteiger partial charge in [-0.2, -0.15) is 0 Å². The van der Waals surface area contributed by atoms with Crippen molar-refractivity contribution in [2.45, 2.75) is 0 Å². The number of hydrogen-bond donors (Lipinski definition) is 3. The van der Waals surface area contributed by atoms with Crippen LogP contribution in [0.3, 0.4) is 0 Å². The Balaban J connectivity index is 1.39. The van der Waals surface area contributed by atoms with Crippen LogP contribution < -0.4 is 16.1 Å². The third kappa shape index (κ3) is 4.04. The van der Waals surface area contributed by atoms with Gasteiger partial charge in [-0.1, -0.05) is 53.8 Å². The van der Waals surface area contributed by atoms with Crippen molar-refractivity contribution in [3.8, 4) is 10.6 Å². The highest BCUT2D eigenvalue weighted by Gasteiger charge is 2.15. The maximum absolute atomic E-state index is 12.4. The number of benzene rings is 2. The fraction of sp³-hybridized carbons (Fsp3) is 0.0500. The predicted molar refractivity (Wildman–Crippen MR) is 111 cm³/mol. The van der Waals surface area contributed by atoms with E-state index in [4.69, 9.17) is 0 Å². The summed E-state index contributed by atoms with van der Waals surface area (Å²) in [5.41, 5.74) is 1.08. The Hall–Kier alpha value is -3.85. The van der Waals surface area contributed by atoms with E-state index >= 15 is 0 Å². The Kier molecular flexibility index (Phi) is 5.12. The molecular formula is C20H15N5O3S. The lowest BCUT2D eigenvalue weighted by molar-refractivity contribution is -0.115. The van der Waals surface area contributed by atoms with Crippen LogP contribution in [0.25, 0.3) is 21.5 Å². The van der Waals surface area contributed by atoms with E-state index in [0.717, 1.165) is 5.56 Å². The van der Waals surface area contributed by atoms with E-state index in [1.54, 1.807) is 24.3 Å². The molecule has 2 heterocycles. The molecule has 4 rings (SSSR count). The zero-order valence-electron chi connectivity index (χ0n) is 15.0. The van der Waals surface area contributed by atoms with Gasteiger partial charge in [-0.15, -0.1) is 10.2 Å². The molecule has 2 aromatic carbocycles. The highest BCUT2D eigenvalue weighted by atomic mass is 32.1. The van der Waals surface area contributed by atoms with E-state index in [0.29, 0.717) is 21.0 Å². The predicted octanol–water partition coefficient (Wildman–Crippen LogP) is 2.42. The topological polar surface area (TPSA) is 117 Å². The lowest BCUT2D eigenvalue weighted by Crippen LogP contribution is -2.35. The van der Waals surface area contributed by atoms with E-state index < -0.39 is 17.2 Å². The summed E-state index contributed by atoms with van der Waals surface area (Å²) in [6.07, 6.45) is 1.34. The maximum Gasteiger partial charge on any atom is 0.257 e. The number of aromatic amines is 1. The van der Waals surface area contributed by atoms with Gasteiger partial charge < -0.3 is 10.3 Å². The number of pyridine rings is 1. The normalized spacial score (nSPS) is 10.6. The number of para-hydroxylation sites is 1. The molecule has 0 unspecified atom stereocenters. The van der Waals surface area contributed by atoms with Gasteiger partial charge in [0.05, 0.1) is 6.54 Å². The average Bonchev–Trinajstić information content (AvgIpc) is 3.21. The van der Waals surface area contributed by atoms with Crippen LogP contribution >= 0.6 is 11.3 Å². The van der Waals surface area contributed by atoms with Crippen molar-refractivity contribution in [2.24, 2.45) is 0 Å². The standard InChI is InChI=1S/C20H15N5O3S/c26-16(23-20-25-24-19(29-20)12-6-2-1-3-7-12)11-22-18(28)14-10-21-15-9-5-4-8-13(15)17(14)27/h1-10H,11H2,(H,21,27)(H,22,28)(H,23,25,26). The highest BCUT2D eigenvalue weighted by molar-refractivity contribution is 7.18. The number of amides is 2. The van der Waals surface area contributed by atoms with Gasteiger partial charge in [0.1, 0.15) is 10.6 Å². The molecule has 0 radical (unpaired) electrons. The second kappa shape index (κ2) is 8.03. The summed E-state index contributed by atoms with van der Waals surface area (Å²) in [5, 5.41) is 14.4. The van der Waals surface area contributed by atoms with Gasteiger partial charge in [-0.05, 0) is 12.1 Å². The minimum atomic E-state index is -0.630. The first-order valence-corrected chi connectivity index (χ1v) is 9.51. The lowest BCUT2D eigenvalue weighted by Gasteiger charge is -2.05. The highest BCUT2D eigenvalue weighted by Crippen LogP contribution is 2.25. The number of H-pyrrole nitrogens is 1. The van der Waals surface area contributed by atoms with E-state index in [-0.39, 0.29) is 12.1 Å². The Bertz CT molecular complexity index is 1250. The van der Waals surface area contributed by atoms with Crippen LogP contribution in [0, 0.1) is 0 Å². The second-order valence-corrected chi connectivity index (χ2v) is 7.06. The summed E-state index contributed by atoms with van der Waals surface area (Å²) in [5.74, 6) is -1.10. The molecule has 9 heteroatoms. The molecule has 2 aromatic heterocycles. The van der Waals surface area contributed by atoms with Crippen molar-refractivity contribution in [1.29, 1.82) is 0 Å². The summed E-state index contributed by atoms with van der Waals surface area (Å²) >= 11 is 1.23. The number of hydrogen-bond acceptors (Lipinski definition) is 6. The van der Waals surface area contributed by atoms with Crippen molar-refractivity contribution in [3.05, 3.63) is 76.6 Å². The number of nitrogens with zero attached hydrogens (tertiary/aromatic N) is 2. The monoisotopic (exact) mass is 405 g/mol. The van der Waals surface area contributed by atoms with Crippen LogP contribution in [-0.2, 0) is 4.79 Å². The first kappa shape index (κ1) is 18.5. The Morgan fingerprint density at radius 2 is 1.76 bits per heavy atom. The molecule has 29 heavy (non-hydrogen) atoms. The minimum absolute atomic E-state index is 0.0567. The van der Waals surface area contributed by atoms with Crippen LogP contribution in [-0.4, -0.2) is 33.5 Å². The van der Waals surface area contributed by atoms with Crippen molar-refractivity contribution < 1.29 is 9.59 Å². The third-order valence-corrected chi connectivity index (χ3v) is 5.02.